The number of carbonyl (C=O) groups is 2. The average molecular weight is 235 g/mol. The molecule has 90 valence electrons. The van der Waals surface area contributed by atoms with Gasteiger partial charge in [0, 0.05) is 7.05 Å². The molecule has 1 heterocycles. The van der Waals surface area contributed by atoms with Gasteiger partial charge in [0.05, 0.1) is 12.1 Å². The Hall–Kier alpha value is -2.04. The minimum atomic E-state index is -1.05. The van der Waals surface area contributed by atoms with E-state index in [9.17, 15) is 9.59 Å². The van der Waals surface area contributed by atoms with Crippen LogP contribution in [0.15, 0.2) is 18.2 Å². The Balaban J connectivity index is 2.35. The van der Waals surface area contributed by atoms with E-state index in [1.165, 1.54) is 4.90 Å². The number of fused-ring (bicyclic) bond motifs is 1. The summed E-state index contributed by atoms with van der Waals surface area (Å²) < 4.78 is 5.41. The first-order valence-electron chi connectivity index (χ1n) is 5.25. The fraction of sp³-hybridized carbons (Fsp3) is 0.333. The van der Waals surface area contributed by atoms with E-state index in [2.05, 4.69) is 0 Å². The van der Waals surface area contributed by atoms with Crippen molar-refractivity contribution in [3.05, 3.63) is 23.8 Å². The van der Waals surface area contributed by atoms with Crippen molar-refractivity contribution in [1.29, 1.82) is 0 Å². The highest BCUT2D eigenvalue weighted by molar-refractivity contribution is 6.01. The van der Waals surface area contributed by atoms with Crippen LogP contribution in [-0.4, -0.2) is 30.1 Å². The number of nitrogens with zero attached hydrogens (tertiary/aromatic N) is 1. The van der Waals surface area contributed by atoms with Gasteiger partial charge in [-0.05, 0) is 24.6 Å². The number of aliphatic carboxylic acids is 1. The van der Waals surface area contributed by atoms with Gasteiger partial charge in [0.15, 0.2) is 6.10 Å². The molecule has 1 amide bonds. The SMILES string of the molecule is Cc1ccc2c(c1)N(C)C(=O)C(CC(=O)O)O2. The number of aryl methyl sites for hydroxylation is 1. The van der Waals surface area contributed by atoms with Gasteiger partial charge < -0.3 is 14.7 Å². The largest absolute Gasteiger partial charge is 0.481 e. The lowest BCUT2D eigenvalue weighted by Crippen LogP contribution is -2.44. The van der Waals surface area contributed by atoms with E-state index >= 15 is 0 Å². The fourth-order valence-electron chi connectivity index (χ4n) is 1.82. The molecule has 0 aliphatic carbocycles. The first kappa shape index (κ1) is 11.4. The van der Waals surface area contributed by atoms with Gasteiger partial charge in [-0.15, -0.1) is 0 Å². The molecule has 1 aromatic carbocycles. The van der Waals surface area contributed by atoms with Crippen molar-refractivity contribution in [2.45, 2.75) is 19.4 Å². The second-order valence-electron chi connectivity index (χ2n) is 4.07. The maximum absolute atomic E-state index is 11.9. The van der Waals surface area contributed by atoms with Gasteiger partial charge in [-0.3, -0.25) is 9.59 Å². The molecular formula is C12H13NO4. The maximum Gasteiger partial charge on any atom is 0.307 e. The van der Waals surface area contributed by atoms with Crippen molar-refractivity contribution in [2.24, 2.45) is 0 Å². The fourth-order valence-corrected chi connectivity index (χ4v) is 1.82. The smallest absolute Gasteiger partial charge is 0.307 e. The Labute approximate surface area is 98.6 Å². The summed E-state index contributed by atoms with van der Waals surface area (Å²) in [5.41, 5.74) is 1.69. The van der Waals surface area contributed by atoms with E-state index in [0.29, 0.717) is 11.4 Å². The predicted octanol–water partition coefficient (Wildman–Crippen LogP) is 1.19. The van der Waals surface area contributed by atoms with Crippen LogP contribution >= 0.6 is 0 Å². The summed E-state index contributed by atoms with van der Waals surface area (Å²) in [5.74, 6) is -0.832. The summed E-state index contributed by atoms with van der Waals surface area (Å²) in [6.45, 7) is 1.92. The zero-order chi connectivity index (χ0) is 12.6. The molecule has 0 spiro atoms. The molecule has 1 N–H and O–H groups in total. The molecule has 0 saturated heterocycles. The van der Waals surface area contributed by atoms with Crippen LogP contribution in [0.4, 0.5) is 5.69 Å². The normalized spacial score (nSPS) is 18.6. The van der Waals surface area contributed by atoms with Crippen LogP contribution in [0.1, 0.15) is 12.0 Å². The summed E-state index contributed by atoms with van der Waals surface area (Å²) in [5, 5.41) is 8.71. The van der Waals surface area contributed by atoms with Crippen molar-refractivity contribution in [3.63, 3.8) is 0 Å². The van der Waals surface area contributed by atoms with Crippen LogP contribution in [0.3, 0.4) is 0 Å². The zero-order valence-corrected chi connectivity index (χ0v) is 9.64. The van der Waals surface area contributed by atoms with Gasteiger partial charge in [0.25, 0.3) is 5.91 Å². The Morgan fingerprint density at radius 1 is 1.53 bits per heavy atom. The number of hydrogen-bond acceptors (Lipinski definition) is 3. The molecule has 5 heteroatoms. The molecule has 0 fully saturated rings. The molecule has 1 aromatic rings. The van der Waals surface area contributed by atoms with E-state index in [0.717, 1.165) is 5.56 Å². The van der Waals surface area contributed by atoms with Gasteiger partial charge >= 0.3 is 5.97 Å². The first-order valence-corrected chi connectivity index (χ1v) is 5.25. The second-order valence-corrected chi connectivity index (χ2v) is 4.07. The van der Waals surface area contributed by atoms with Gasteiger partial charge in [-0.25, -0.2) is 0 Å². The number of likely N-dealkylation sites (N-methyl/N-ethyl adjacent to an activating group) is 1. The summed E-state index contributed by atoms with van der Waals surface area (Å²) in [4.78, 5) is 24.0. The van der Waals surface area contributed by atoms with E-state index in [1.807, 2.05) is 19.1 Å². The Bertz CT molecular complexity index is 483. The highest BCUT2D eigenvalue weighted by Crippen LogP contribution is 2.34. The van der Waals surface area contributed by atoms with Crippen LogP contribution in [0.2, 0.25) is 0 Å². The minimum absolute atomic E-state index is 0.323. The van der Waals surface area contributed by atoms with Gasteiger partial charge in [-0.1, -0.05) is 6.07 Å². The monoisotopic (exact) mass is 235 g/mol. The molecule has 1 atom stereocenters. The van der Waals surface area contributed by atoms with Crippen LogP contribution in [-0.2, 0) is 9.59 Å². The Kier molecular flexibility index (Phi) is 2.75. The van der Waals surface area contributed by atoms with E-state index in [4.69, 9.17) is 9.84 Å². The van der Waals surface area contributed by atoms with Gasteiger partial charge in [0.1, 0.15) is 5.75 Å². The number of hydrogen-bond donors (Lipinski definition) is 1. The molecule has 5 nitrogen and oxygen atoms in total. The summed E-state index contributed by atoms with van der Waals surface area (Å²) in [6, 6.07) is 5.45. The number of carboxylic acid groups (broad SMARTS) is 1. The lowest BCUT2D eigenvalue weighted by molar-refractivity contribution is -0.142. The predicted molar refractivity (Wildman–Crippen MR) is 61.3 cm³/mol. The molecule has 17 heavy (non-hydrogen) atoms. The van der Waals surface area contributed by atoms with Crippen LogP contribution in [0.5, 0.6) is 5.75 Å². The molecule has 1 unspecified atom stereocenters. The minimum Gasteiger partial charge on any atom is -0.481 e. The summed E-state index contributed by atoms with van der Waals surface area (Å²) in [6.07, 6.45) is -1.26. The lowest BCUT2D eigenvalue weighted by Gasteiger charge is -2.31. The van der Waals surface area contributed by atoms with Gasteiger partial charge in [0.2, 0.25) is 0 Å². The quantitative estimate of drug-likeness (QED) is 0.836. The Morgan fingerprint density at radius 2 is 2.24 bits per heavy atom. The first-order chi connectivity index (χ1) is 7.99. The number of carbonyl (C=O) groups excluding carboxylic acids is 1. The zero-order valence-electron chi connectivity index (χ0n) is 9.64. The number of ether oxygens (including phenoxy) is 1. The third kappa shape index (κ3) is 2.08. The van der Waals surface area contributed by atoms with Crippen molar-refractivity contribution in [2.75, 3.05) is 11.9 Å². The summed E-state index contributed by atoms with van der Waals surface area (Å²) in [7, 11) is 1.62. The second kappa shape index (κ2) is 4.08. The topological polar surface area (TPSA) is 66.8 Å². The van der Waals surface area contributed by atoms with Gasteiger partial charge in [-0.2, -0.15) is 0 Å². The number of anilines is 1. The van der Waals surface area contributed by atoms with Crippen molar-refractivity contribution < 1.29 is 19.4 Å². The molecule has 1 aliphatic heterocycles. The van der Waals surface area contributed by atoms with Crippen LogP contribution in [0.25, 0.3) is 0 Å². The highest BCUT2D eigenvalue weighted by atomic mass is 16.5. The third-order valence-electron chi connectivity index (χ3n) is 2.71. The average Bonchev–Trinajstić information content (AvgIpc) is 2.26. The van der Waals surface area contributed by atoms with Crippen LogP contribution < -0.4 is 9.64 Å². The van der Waals surface area contributed by atoms with Crippen molar-refractivity contribution in [3.8, 4) is 5.75 Å². The molecule has 0 saturated carbocycles. The van der Waals surface area contributed by atoms with Crippen molar-refractivity contribution in [1.82, 2.24) is 0 Å². The lowest BCUT2D eigenvalue weighted by atomic mass is 10.1. The summed E-state index contributed by atoms with van der Waals surface area (Å²) >= 11 is 0. The Morgan fingerprint density at radius 3 is 2.88 bits per heavy atom. The third-order valence-corrected chi connectivity index (χ3v) is 2.71. The number of benzene rings is 1. The molecule has 2 rings (SSSR count). The standard InChI is InChI=1S/C12H13NO4/c1-7-3-4-9-8(5-7)13(2)12(16)10(17-9)6-11(14)15/h3-5,10H,6H2,1-2H3,(H,14,15). The maximum atomic E-state index is 11.9. The van der Waals surface area contributed by atoms with E-state index in [-0.39, 0.29) is 12.3 Å². The van der Waals surface area contributed by atoms with Crippen molar-refractivity contribution >= 4 is 17.6 Å². The van der Waals surface area contributed by atoms with E-state index < -0.39 is 12.1 Å². The number of amides is 1. The molecule has 0 bridgehead atoms. The highest BCUT2D eigenvalue weighted by Gasteiger charge is 2.33. The number of rotatable bonds is 2. The van der Waals surface area contributed by atoms with Crippen LogP contribution in [0, 0.1) is 6.92 Å². The molecule has 1 aliphatic rings. The molecule has 0 aromatic heterocycles. The number of carboxylic acids is 1. The molecule has 0 radical (unpaired) electrons. The van der Waals surface area contributed by atoms with E-state index in [1.54, 1.807) is 13.1 Å². The molecular weight excluding hydrogens is 222 g/mol.